The van der Waals surface area contributed by atoms with Crippen molar-refractivity contribution in [2.24, 2.45) is 11.7 Å². The van der Waals surface area contributed by atoms with Crippen LogP contribution in [0.15, 0.2) is 12.4 Å². The number of nitrogens with two attached hydrogens (primary N) is 2. The molecule has 0 saturated heterocycles. The molecule has 0 aliphatic heterocycles. The fourth-order valence-electron chi connectivity index (χ4n) is 0.0667. The summed E-state index contributed by atoms with van der Waals surface area (Å²) in [6.07, 6.45) is 0. The number of hydrogen-bond acceptors (Lipinski definition) is 7. The first-order valence-corrected chi connectivity index (χ1v) is 2.11. The molecule has 11 heavy (non-hydrogen) atoms. The molecule has 5 N–H and O–H groups in total. The summed E-state index contributed by atoms with van der Waals surface area (Å²) in [5, 5.41) is 18.8. The van der Waals surface area contributed by atoms with E-state index in [1.165, 1.54) is 0 Å². The second-order valence-corrected chi connectivity index (χ2v) is 1.10. The smallest absolute Gasteiger partial charge is 0.258 e. The Balaban J connectivity index is 0. The number of rotatable bonds is 2. The quantitative estimate of drug-likeness (QED) is 0.251. The highest BCUT2D eigenvalue weighted by Gasteiger charge is 2.19. The van der Waals surface area contributed by atoms with Gasteiger partial charge in [-0.2, -0.15) is 5.53 Å². The predicted molar refractivity (Wildman–Crippen MR) is 34.6 cm³/mol. The minimum atomic E-state index is -1.20. The van der Waals surface area contributed by atoms with Gasteiger partial charge in [0.15, 0.2) is 0 Å². The average molecular weight is 165 g/mol. The molecule has 64 valence electrons. The molecule has 0 rings (SSSR count). The standard InChI is InChI=1S/C2H2N2O4.H5N3/c1-2(3(5)6)4(7)8;1-3-2/h1H2;3H,1-2H2. The molecule has 0 saturated carbocycles. The SMILES string of the molecule is C=C([N+](=O)[O-])[N+](=O)[O-].NNN. The van der Waals surface area contributed by atoms with Crippen molar-refractivity contribution in [1.82, 2.24) is 5.53 Å². The normalized spacial score (nSPS) is 7.45. The Morgan fingerprint density at radius 1 is 1.27 bits per heavy atom. The summed E-state index contributed by atoms with van der Waals surface area (Å²) in [5.74, 6) is 7.55. The van der Waals surface area contributed by atoms with Crippen LogP contribution in [-0.2, 0) is 0 Å². The zero-order valence-corrected chi connectivity index (χ0v) is 5.39. The lowest BCUT2D eigenvalue weighted by molar-refractivity contribution is -0.615. The summed E-state index contributed by atoms with van der Waals surface area (Å²) < 4.78 is 0. The monoisotopic (exact) mass is 165 g/mol. The molecule has 0 amide bonds. The molecule has 0 unspecified atom stereocenters. The van der Waals surface area contributed by atoms with E-state index in [9.17, 15) is 20.2 Å². The van der Waals surface area contributed by atoms with Gasteiger partial charge in [-0.1, -0.05) is 0 Å². The van der Waals surface area contributed by atoms with Gasteiger partial charge in [0.25, 0.3) is 0 Å². The Kier molecular flexibility index (Phi) is 7.21. The summed E-state index contributed by atoms with van der Waals surface area (Å²) in [6.45, 7) is 2.56. The molecule has 0 aliphatic rings. The van der Waals surface area contributed by atoms with E-state index >= 15 is 0 Å². The van der Waals surface area contributed by atoms with Gasteiger partial charge in [-0.25, -0.2) is 0 Å². The van der Waals surface area contributed by atoms with Crippen LogP contribution in [0.3, 0.4) is 0 Å². The summed E-state index contributed by atoms with van der Waals surface area (Å²) in [4.78, 5) is 16.5. The van der Waals surface area contributed by atoms with E-state index in [0.29, 0.717) is 0 Å². The maximum absolute atomic E-state index is 9.41. The van der Waals surface area contributed by atoms with Gasteiger partial charge in [0.1, 0.15) is 9.85 Å². The maximum Gasteiger partial charge on any atom is 0.551 e. The van der Waals surface area contributed by atoms with Gasteiger partial charge in [-0.3, -0.25) is 31.9 Å². The van der Waals surface area contributed by atoms with Crippen molar-refractivity contribution in [3.63, 3.8) is 0 Å². The van der Waals surface area contributed by atoms with Crippen molar-refractivity contribution < 1.29 is 9.85 Å². The highest BCUT2D eigenvalue weighted by atomic mass is 16.7. The predicted octanol–water partition coefficient (Wildman–Crippen LogP) is -1.67. The van der Waals surface area contributed by atoms with Crippen LogP contribution in [0.1, 0.15) is 0 Å². The van der Waals surface area contributed by atoms with Crippen LogP contribution in [0.25, 0.3) is 0 Å². The van der Waals surface area contributed by atoms with Crippen LogP contribution in [0, 0.1) is 20.2 Å². The van der Waals surface area contributed by atoms with Crippen LogP contribution in [0.4, 0.5) is 0 Å². The van der Waals surface area contributed by atoms with Crippen LogP contribution < -0.4 is 17.2 Å². The first kappa shape index (κ1) is 12.1. The van der Waals surface area contributed by atoms with Crippen molar-refractivity contribution in [3.8, 4) is 0 Å². The molecule has 0 spiro atoms. The summed E-state index contributed by atoms with van der Waals surface area (Å²) in [7, 11) is 0. The lowest BCUT2D eigenvalue weighted by Gasteiger charge is -1.80. The molecule has 0 aromatic heterocycles. The van der Waals surface area contributed by atoms with Gasteiger partial charge in [0.2, 0.25) is 0 Å². The van der Waals surface area contributed by atoms with Crippen molar-refractivity contribution in [2.45, 2.75) is 0 Å². The summed E-state index contributed by atoms with van der Waals surface area (Å²) >= 11 is 0. The molecule has 0 aliphatic carbocycles. The Morgan fingerprint density at radius 2 is 1.45 bits per heavy atom. The fraction of sp³-hybridized carbons (Fsp3) is 0. The lowest BCUT2D eigenvalue weighted by Crippen LogP contribution is -2.29. The Morgan fingerprint density at radius 3 is 1.45 bits per heavy atom. The molecule has 0 aromatic rings. The summed E-state index contributed by atoms with van der Waals surface area (Å²) in [6, 6.07) is 0. The van der Waals surface area contributed by atoms with E-state index in [0.717, 1.165) is 0 Å². The van der Waals surface area contributed by atoms with Crippen molar-refractivity contribution in [2.75, 3.05) is 0 Å². The first-order chi connectivity index (χ1) is 4.97. The molecule has 9 heteroatoms. The zero-order valence-electron chi connectivity index (χ0n) is 5.39. The van der Waals surface area contributed by atoms with Crippen LogP contribution in [0.5, 0.6) is 0 Å². The second kappa shape index (κ2) is 6.54. The van der Waals surface area contributed by atoms with E-state index in [-0.39, 0.29) is 0 Å². The van der Waals surface area contributed by atoms with Gasteiger partial charge in [-0.15, -0.1) is 0 Å². The largest absolute Gasteiger partial charge is 0.551 e. The number of nitrogens with one attached hydrogen (secondary N) is 1. The number of hydrazine groups is 2. The Labute approximate surface area is 60.9 Å². The first-order valence-electron chi connectivity index (χ1n) is 2.11. The number of nitrogens with zero attached hydrogens (tertiary/aromatic N) is 2. The van der Waals surface area contributed by atoms with Gasteiger partial charge >= 0.3 is 5.82 Å². The molecule has 9 nitrogen and oxygen atoms in total. The molecule has 0 bridgehead atoms. The lowest BCUT2D eigenvalue weighted by atomic mass is 10.9. The highest BCUT2D eigenvalue weighted by Crippen LogP contribution is 1.88. The van der Waals surface area contributed by atoms with Crippen LogP contribution in [-0.4, -0.2) is 9.85 Å². The molecule has 0 fully saturated rings. The molecular weight excluding hydrogens is 158 g/mol. The molecule has 0 heterocycles. The third-order valence-corrected chi connectivity index (χ3v) is 0.421. The van der Waals surface area contributed by atoms with Gasteiger partial charge < -0.3 is 0 Å². The van der Waals surface area contributed by atoms with E-state index in [1.54, 1.807) is 5.53 Å². The number of nitro groups is 2. The van der Waals surface area contributed by atoms with Gasteiger partial charge in [0, 0.05) is 0 Å². The average Bonchev–Trinajstić information content (AvgIpc) is 1.87. The van der Waals surface area contributed by atoms with Crippen molar-refractivity contribution in [3.05, 3.63) is 32.6 Å². The van der Waals surface area contributed by atoms with Crippen LogP contribution >= 0.6 is 0 Å². The van der Waals surface area contributed by atoms with Gasteiger partial charge in [-0.05, 0) is 0 Å². The molecular formula is C2H7N5O4. The highest BCUT2D eigenvalue weighted by molar-refractivity contribution is 4.61. The topological polar surface area (TPSA) is 150 Å². The Hall–Kier alpha value is -1.58. The van der Waals surface area contributed by atoms with Crippen molar-refractivity contribution in [1.29, 1.82) is 0 Å². The van der Waals surface area contributed by atoms with Crippen LogP contribution in [0.2, 0.25) is 0 Å². The minimum Gasteiger partial charge on any atom is -0.258 e. The van der Waals surface area contributed by atoms with E-state index < -0.39 is 15.7 Å². The molecule has 0 radical (unpaired) electrons. The van der Waals surface area contributed by atoms with Gasteiger partial charge in [0.05, 0.1) is 6.58 Å². The third-order valence-electron chi connectivity index (χ3n) is 0.421. The van der Waals surface area contributed by atoms with E-state index in [2.05, 4.69) is 18.3 Å². The summed E-state index contributed by atoms with van der Waals surface area (Å²) in [5.41, 5.74) is 1.75. The number of hydrogen-bond donors (Lipinski definition) is 3. The van der Waals surface area contributed by atoms with Crippen molar-refractivity contribution >= 4 is 0 Å². The third kappa shape index (κ3) is 8.42. The molecule has 0 aromatic carbocycles. The van der Waals surface area contributed by atoms with E-state index in [4.69, 9.17) is 0 Å². The Bertz CT molecular complexity index is 150. The second-order valence-electron chi connectivity index (χ2n) is 1.10. The molecule has 0 atom stereocenters. The van der Waals surface area contributed by atoms with E-state index in [1.807, 2.05) is 0 Å². The fourth-order valence-corrected chi connectivity index (χ4v) is 0.0667. The minimum absolute atomic E-state index is 1.15. The maximum atomic E-state index is 9.41. The zero-order chi connectivity index (χ0) is 9.44.